The molecular formula is C15H25NO2. The van der Waals surface area contributed by atoms with Crippen molar-refractivity contribution < 1.29 is 9.15 Å². The molecule has 0 aromatic carbocycles. The first-order chi connectivity index (χ1) is 8.79. The highest BCUT2D eigenvalue weighted by molar-refractivity contribution is 5.09. The summed E-state index contributed by atoms with van der Waals surface area (Å²) in [7, 11) is 0. The molecule has 18 heavy (non-hydrogen) atoms. The van der Waals surface area contributed by atoms with Crippen molar-refractivity contribution in [1.82, 2.24) is 5.32 Å². The largest absolute Gasteiger partial charge is 0.465 e. The molecule has 2 atom stereocenters. The normalized spacial score (nSPS) is 21.3. The van der Waals surface area contributed by atoms with Crippen LogP contribution in [0.4, 0.5) is 0 Å². The van der Waals surface area contributed by atoms with Crippen molar-refractivity contribution in [1.29, 1.82) is 0 Å². The predicted octanol–water partition coefficient (Wildman–Crippen LogP) is 3.59. The molecule has 102 valence electrons. The van der Waals surface area contributed by atoms with E-state index in [0.29, 0.717) is 12.1 Å². The van der Waals surface area contributed by atoms with E-state index in [1.54, 1.807) is 0 Å². The number of nitrogens with one attached hydrogen (secondary N) is 1. The van der Waals surface area contributed by atoms with E-state index in [2.05, 4.69) is 18.3 Å². The Bertz CT molecular complexity index is 342. The van der Waals surface area contributed by atoms with E-state index in [9.17, 15) is 0 Å². The SMILES string of the molecule is CCCNC(CCC1CCCO1)c1ccc(C)o1. The Morgan fingerprint density at radius 2 is 2.33 bits per heavy atom. The molecule has 1 aliphatic rings. The van der Waals surface area contributed by atoms with Gasteiger partial charge in [0.25, 0.3) is 0 Å². The average Bonchev–Trinajstić information content (AvgIpc) is 3.01. The van der Waals surface area contributed by atoms with Gasteiger partial charge >= 0.3 is 0 Å². The number of aryl methyl sites for hydroxylation is 1. The number of furan rings is 1. The predicted molar refractivity (Wildman–Crippen MR) is 72.7 cm³/mol. The van der Waals surface area contributed by atoms with E-state index in [-0.39, 0.29) is 0 Å². The van der Waals surface area contributed by atoms with Gasteiger partial charge in [0.15, 0.2) is 0 Å². The van der Waals surface area contributed by atoms with Crippen LogP contribution in [-0.4, -0.2) is 19.3 Å². The standard InChI is InChI=1S/C15H25NO2/c1-3-10-16-14(15-9-6-12(2)18-15)8-7-13-5-4-11-17-13/h6,9,13-14,16H,3-5,7-8,10-11H2,1-2H3. The summed E-state index contributed by atoms with van der Waals surface area (Å²) >= 11 is 0. The molecule has 2 heterocycles. The molecule has 0 amide bonds. The van der Waals surface area contributed by atoms with Crippen LogP contribution in [0.2, 0.25) is 0 Å². The minimum absolute atomic E-state index is 0.336. The Kier molecular flexibility index (Phi) is 5.26. The lowest BCUT2D eigenvalue weighted by molar-refractivity contribution is 0.0988. The molecule has 3 nitrogen and oxygen atoms in total. The van der Waals surface area contributed by atoms with Crippen molar-refractivity contribution in [3.8, 4) is 0 Å². The molecule has 1 aromatic heterocycles. The van der Waals surface area contributed by atoms with E-state index >= 15 is 0 Å². The van der Waals surface area contributed by atoms with Crippen LogP contribution in [0.15, 0.2) is 16.5 Å². The molecule has 0 saturated carbocycles. The summed E-state index contributed by atoms with van der Waals surface area (Å²) in [5.74, 6) is 2.06. The van der Waals surface area contributed by atoms with Crippen LogP contribution >= 0.6 is 0 Å². The maximum Gasteiger partial charge on any atom is 0.121 e. The summed E-state index contributed by atoms with van der Waals surface area (Å²) in [5, 5.41) is 3.57. The van der Waals surface area contributed by atoms with Crippen molar-refractivity contribution in [3.05, 3.63) is 23.7 Å². The second-order valence-corrected chi connectivity index (χ2v) is 5.17. The van der Waals surface area contributed by atoms with Crippen LogP contribution in [-0.2, 0) is 4.74 Å². The van der Waals surface area contributed by atoms with Gasteiger partial charge in [-0.15, -0.1) is 0 Å². The summed E-state index contributed by atoms with van der Waals surface area (Å²) in [6.45, 7) is 6.17. The molecule has 0 aliphatic carbocycles. The van der Waals surface area contributed by atoms with E-state index in [0.717, 1.165) is 43.9 Å². The highest BCUT2D eigenvalue weighted by Gasteiger charge is 2.20. The van der Waals surface area contributed by atoms with E-state index in [1.807, 2.05) is 13.0 Å². The van der Waals surface area contributed by atoms with Gasteiger partial charge in [0.2, 0.25) is 0 Å². The van der Waals surface area contributed by atoms with Crippen molar-refractivity contribution in [2.24, 2.45) is 0 Å². The summed E-state index contributed by atoms with van der Waals surface area (Å²) < 4.78 is 11.4. The molecule has 2 unspecified atom stereocenters. The molecule has 1 fully saturated rings. The fourth-order valence-electron chi connectivity index (χ4n) is 2.53. The second-order valence-electron chi connectivity index (χ2n) is 5.17. The van der Waals surface area contributed by atoms with Crippen LogP contribution in [0, 0.1) is 6.92 Å². The lowest BCUT2D eigenvalue weighted by Crippen LogP contribution is -2.23. The monoisotopic (exact) mass is 251 g/mol. The topological polar surface area (TPSA) is 34.4 Å². The summed E-state index contributed by atoms with van der Waals surface area (Å²) in [6.07, 6.45) is 6.27. The third-order valence-electron chi connectivity index (χ3n) is 3.55. The molecular weight excluding hydrogens is 226 g/mol. The first-order valence-electron chi connectivity index (χ1n) is 7.21. The van der Waals surface area contributed by atoms with Crippen molar-refractivity contribution >= 4 is 0 Å². The van der Waals surface area contributed by atoms with Gasteiger partial charge in [-0.2, -0.15) is 0 Å². The summed E-state index contributed by atoms with van der Waals surface area (Å²) in [4.78, 5) is 0. The highest BCUT2D eigenvalue weighted by atomic mass is 16.5. The van der Waals surface area contributed by atoms with Crippen LogP contribution in [0.1, 0.15) is 56.6 Å². The third kappa shape index (κ3) is 3.85. The maximum absolute atomic E-state index is 5.75. The van der Waals surface area contributed by atoms with E-state index in [4.69, 9.17) is 9.15 Å². The molecule has 1 saturated heterocycles. The van der Waals surface area contributed by atoms with Crippen LogP contribution < -0.4 is 5.32 Å². The second kappa shape index (κ2) is 6.95. The van der Waals surface area contributed by atoms with Gasteiger partial charge in [-0.05, 0) is 57.7 Å². The highest BCUT2D eigenvalue weighted by Crippen LogP contribution is 2.25. The van der Waals surface area contributed by atoms with Gasteiger partial charge in [0.1, 0.15) is 11.5 Å². The first kappa shape index (κ1) is 13.6. The van der Waals surface area contributed by atoms with Gasteiger partial charge in [0, 0.05) is 6.61 Å². The molecule has 1 N–H and O–H groups in total. The molecule has 0 radical (unpaired) electrons. The quantitative estimate of drug-likeness (QED) is 0.804. The Morgan fingerprint density at radius 3 is 2.94 bits per heavy atom. The molecule has 3 heteroatoms. The Hall–Kier alpha value is -0.800. The number of hydrogen-bond donors (Lipinski definition) is 1. The molecule has 0 bridgehead atoms. The average molecular weight is 251 g/mol. The molecule has 0 spiro atoms. The zero-order chi connectivity index (χ0) is 12.8. The minimum atomic E-state index is 0.336. The number of rotatable bonds is 7. The van der Waals surface area contributed by atoms with E-state index in [1.165, 1.54) is 12.8 Å². The van der Waals surface area contributed by atoms with Gasteiger partial charge in [-0.1, -0.05) is 6.92 Å². The van der Waals surface area contributed by atoms with Crippen molar-refractivity contribution in [3.63, 3.8) is 0 Å². The first-order valence-corrected chi connectivity index (χ1v) is 7.21. The number of ether oxygens (including phenoxy) is 1. The maximum atomic E-state index is 5.75. The Balaban J connectivity index is 1.87. The van der Waals surface area contributed by atoms with Gasteiger partial charge in [-0.3, -0.25) is 0 Å². The van der Waals surface area contributed by atoms with Crippen LogP contribution in [0.5, 0.6) is 0 Å². The molecule has 2 rings (SSSR count). The van der Waals surface area contributed by atoms with Crippen molar-refractivity contribution in [2.45, 2.75) is 58.1 Å². The number of hydrogen-bond acceptors (Lipinski definition) is 3. The van der Waals surface area contributed by atoms with Crippen LogP contribution in [0.25, 0.3) is 0 Å². The van der Waals surface area contributed by atoms with E-state index < -0.39 is 0 Å². The third-order valence-corrected chi connectivity index (χ3v) is 3.55. The minimum Gasteiger partial charge on any atom is -0.465 e. The zero-order valence-electron chi connectivity index (χ0n) is 11.6. The fourth-order valence-corrected chi connectivity index (χ4v) is 2.53. The fraction of sp³-hybridized carbons (Fsp3) is 0.733. The van der Waals surface area contributed by atoms with Gasteiger partial charge in [0.05, 0.1) is 12.1 Å². The molecule has 1 aliphatic heterocycles. The lowest BCUT2D eigenvalue weighted by Gasteiger charge is -2.18. The zero-order valence-corrected chi connectivity index (χ0v) is 11.6. The lowest BCUT2D eigenvalue weighted by atomic mass is 10.0. The Morgan fingerprint density at radius 1 is 1.44 bits per heavy atom. The summed E-state index contributed by atoms with van der Waals surface area (Å²) in [6, 6.07) is 4.48. The smallest absolute Gasteiger partial charge is 0.121 e. The van der Waals surface area contributed by atoms with Gasteiger partial charge in [-0.25, -0.2) is 0 Å². The summed E-state index contributed by atoms with van der Waals surface area (Å²) in [5.41, 5.74) is 0. The Labute approximate surface area is 110 Å². The van der Waals surface area contributed by atoms with Crippen molar-refractivity contribution in [2.75, 3.05) is 13.2 Å². The van der Waals surface area contributed by atoms with Crippen LogP contribution in [0.3, 0.4) is 0 Å². The molecule has 1 aromatic rings. The van der Waals surface area contributed by atoms with Gasteiger partial charge < -0.3 is 14.5 Å².